The number of amides is 1. The lowest BCUT2D eigenvalue weighted by Crippen LogP contribution is -2.21. The second kappa shape index (κ2) is 5.76. The van der Waals surface area contributed by atoms with Gasteiger partial charge in [0.2, 0.25) is 5.91 Å². The van der Waals surface area contributed by atoms with E-state index in [4.69, 9.17) is 5.73 Å². The van der Waals surface area contributed by atoms with Crippen LogP contribution in [-0.2, 0) is 11.3 Å². The lowest BCUT2D eigenvalue weighted by Gasteiger charge is -2.10. The van der Waals surface area contributed by atoms with Gasteiger partial charge in [-0.3, -0.25) is 4.79 Å². The normalized spacial score (nSPS) is 17.2. The van der Waals surface area contributed by atoms with Crippen molar-refractivity contribution in [2.75, 3.05) is 5.73 Å². The van der Waals surface area contributed by atoms with E-state index in [0.717, 1.165) is 21.8 Å². The number of carbonyl (C=O) groups excluding carboxylic acids is 1. The van der Waals surface area contributed by atoms with Crippen LogP contribution in [0.4, 0.5) is 5.13 Å². The number of hydrogen-bond acceptors (Lipinski definition) is 5. The second-order valence-electron chi connectivity index (χ2n) is 5.95. The van der Waals surface area contributed by atoms with Crippen molar-refractivity contribution in [3.63, 3.8) is 0 Å². The molecule has 0 fully saturated rings. The summed E-state index contributed by atoms with van der Waals surface area (Å²) in [5, 5.41) is 7.89. The van der Waals surface area contributed by atoms with Crippen LogP contribution in [0.2, 0.25) is 0 Å². The highest BCUT2D eigenvalue weighted by atomic mass is 32.1. The minimum atomic E-state index is -0.0594. The molecule has 122 valence electrons. The number of anilines is 1. The number of nitrogens with two attached hydrogens (primary N) is 1. The smallest absolute Gasteiger partial charge is 0.221 e. The van der Waals surface area contributed by atoms with Gasteiger partial charge in [-0.05, 0) is 30.2 Å². The highest BCUT2D eigenvalue weighted by molar-refractivity contribution is 7.15. The van der Waals surface area contributed by atoms with Crippen LogP contribution in [0.3, 0.4) is 0 Å². The molecule has 0 aliphatic carbocycles. The number of fused-ring (bicyclic) bond motifs is 1. The molecule has 1 aliphatic rings. The van der Waals surface area contributed by atoms with Crippen LogP contribution in [0.5, 0.6) is 0 Å². The Hall–Kier alpha value is -2.67. The third-order valence-corrected chi connectivity index (χ3v) is 5.21. The van der Waals surface area contributed by atoms with Crippen LogP contribution in [0.25, 0.3) is 5.69 Å². The Morgan fingerprint density at radius 2 is 2.29 bits per heavy atom. The Morgan fingerprint density at radius 3 is 3.12 bits per heavy atom. The molecule has 0 spiro atoms. The van der Waals surface area contributed by atoms with Gasteiger partial charge in [0.1, 0.15) is 0 Å². The predicted molar refractivity (Wildman–Crippen MR) is 93.1 cm³/mol. The molecule has 3 aromatic rings. The highest BCUT2D eigenvalue weighted by Gasteiger charge is 2.28. The average molecular weight is 339 g/mol. The maximum Gasteiger partial charge on any atom is 0.221 e. The Labute approximate surface area is 143 Å². The molecule has 1 unspecified atom stereocenters. The molecule has 3 N–H and O–H groups in total. The van der Waals surface area contributed by atoms with Crippen molar-refractivity contribution >= 4 is 22.4 Å². The quantitative estimate of drug-likeness (QED) is 0.750. The summed E-state index contributed by atoms with van der Waals surface area (Å²) in [6, 6.07) is 8.15. The number of thiazole rings is 1. The molecule has 24 heavy (non-hydrogen) atoms. The van der Waals surface area contributed by atoms with Crippen molar-refractivity contribution in [2.45, 2.75) is 25.8 Å². The first kappa shape index (κ1) is 14.9. The summed E-state index contributed by atoms with van der Waals surface area (Å²) < 4.78 is 1.84. The Morgan fingerprint density at radius 1 is 1.42 bits per heavy atom. The van der Waals surface area contributed by atoms with E-state index in [1.807, 2.05) is 29.2 Å². The maximum atomic E-state index is 12.0. The zero-order valence-electron chi connectivity index (χ0n) is 13.2. The van der Waals surface area contributed by atoms with E-state index in [9.17, 15) is 4.79 Å². The first-order valence-electron chi connectivity index (χ1n) is 7.73. The summed E-state index contributed by atoms with van der Waals surface area (Å²) in [5.74, 6) is -0.0389. The van der Waals surface area contributed by atoms with E-state index < -0.39 is 0 Å². The molecule has 1 aliphatic heterocycles. The Bertz CT molecular complexity index is 913. The Balaban J connectivity index is 1.74. The minimum Gasteiger partial charge on any atom is -0.375 e. The van der Waals surface area contributed by atoms with Gasteiger partial charge in [-0.1, -0.05) is 12.1 Å². The number of nitrogens with zero attached hydrogens (tertiary/aromatic N) is 3. The molecule has 0 saturated carbocycles. The van der Waals surface area contributed by atoms with E-state index in [1.54, 1.807) is 0 Å². The molecule has 1 atom stereocenters. The number of aryl methyl sites for hydroxylation is 1. The molecule has 1 amide bonds. The van der Waals surface area contributed by atoms with Gasteiger partial charge in [-0.15, -0.1) is 11.3 Å². The third kappa shape index (κ3) is 2.67. The topological polar surface area (TPSA) is 85.8 Å². The summed E-state index contributed by atoms with van der Waals surface area (Å²) >= 11 is 1.45. The average Bonchev–Trinajstić information content (AvgIpc) is 3.14. The Kier molecular flexibility index (Phi) is 3.57. The summed E-state index contributed by atoms with van der Waals surface area (Å²) in [6.45, 7) is 2.49. The molecular formula is C17H17N5OS. The SMILES string of the molecule is Cc1cccc(-n2cc(C3CC(=O)NCc4nc(N)sc43)cn2)c1. The standard InChI is InChI=1S/C17H17N5OS/c1-10-3-2-4-12(5-10)22-9-11(7-20-22)13-6-15(23)19-8-14-16(13)24-17(18)21-14/h2-5,7,9,13H,6,8H2,1H3,(H2,18,21)(H,19,23). The van der Waals surface area contributed by atoms with E-state index in [0.29, 0.717) is 18.1 Å². The van der Waals surface area contributed by atoms with Crippen LogP contribution >= 0.6 is 11.3 Å². The molecule has 4 rings (SSSR count). The second-order valence-corrected chi connectivity index (χ2v) is 7.02. The van der Waals surface area contributed by atoms with Gasteiger partial charge in [0.15, 0.2) is 5.13 Å². The number of aromatic nitrogens is 3. The molecule has 3 heterocycles. The van der Waals surface area contributed by atoms with Gasteiger partial charge in [0.05, 0.1) is 24.1 Å². The minimum absolute atomic E-state index is 0.0204. The fourth-order valence-electron chi connectivity index (χ4n) is 3.01. The lowest BCUT2D eigenvalue weighted by molar-refractivity contribution is -0.121. The zero-order chi connectivity index (χ0) is 16.7. The lowest BCUT2D eigenvalue weighted by atomic mass is 9.96. The van der Waals surface area contributed by atoms with Gasteiger partial charge < -0.3 is 11.1 Å². The predicted octanol–water partition coefficient (Wildman–Crippen LogP) is 2.37. The first-order valence-corrected chi connectivity index (χ1v) is 8.55. The number of hydrogen-bond donors (Lipinski definition) is 2. The van der Waals surface area contributed by atoms with Crippen LogP contribution in [0, 0.1) is 6.92 Å². The van der Waals surface area contributed by atoms with Crippen molar-refractivity contribution in [2.24, 2.45) is 0 Å². The van der Waals surface area contributed by atoms with Crippen LogP contribution in [0.1, 0.15) is 34.0 Å². The van der Waals surface area contributed by atoms with E-state index in [1.165, 1.54) is 16.9 Å². The third-order valence-electron chi connectivity index (χ3n) is 4.17. The van der Waals surface area contributed by atoms with E-state index in [-0.39, 0.29) is 11.8 Å². The summed E-state index contributed by atoms with van der Waals surface area (Å²) in [7, 11) is 0. The number of benzene rings is 1. The van der Waals surface area contributed by atoms with Crippen LogP contribution in [0.15, 0.2) is 36.7 Å². The number of rotatable bonds is 2. The van der Waals surface area contributed by atoms with Crippen molar-refractivity contribution in [3.8, 4) is 5.69 Å². The summed E-state index contributed by atoms with van der Waals surface area (Å²) in [4.78, 5) is 17.4. The molecule has 0 saturated heterocycles. The summed E-state index contributed by atoms with van der Waals surface area (Å²) in [5.41, 5.74) is 9.91. The van der Waals surface area contributed by atoms with Crippen molar-refractivity contribution in [1.29, 1.82) is 0 Å². The summed E-state index contributed by atoms with van der Waals surface area (Å²) in [6.07, 6.45) is 4.19. The van der Waals surface area contributed by atoms with Gasteiger partial charge in [0.25, 0.3) is 0 Å². The van der Waals surface area contributed by atoms with Crippen molar-refractivity contribution in [3.05, 3.63) is 58.4 Å². The molecule has 0 bridgehead atoms. The number of carbonyl (C=O) groups is 1. The fraction of sp³-hybridized carbons (Fsp3) is 0.235. The number of nitrogens with one attached hydrogen (secondary N) is 1. The van der Waals surface area contributed by atoms with Gasteiger partial charge in [-0.2, -0.15) is 5.10 Å². The van der Waals surface area contributed by atoms with E-state index in [2.05, 4.69) is 34.5 Å². The first-order chi connectivity index (χ1) is 11.6. The molecule has 2 aromatic heterocycles. The van der Waals surface area contributed by atoms with Crippen LogP contribution < -0.4 is 11.1 Å². The molecule has 1 aromatic carbocycles. The van der Waals surface area contributed by atoms with Crippen molar-refractivity contribution in [1.82, 2.24) is 20.1 Å². The molecule has 6 nitrogen and oxygen atoms in total. The van der Waals surface area contributed by atoms with Gasteiger partial charge >= 0.3 is 0 Å². The van der Waals surface area contributed by atoms with Crippen molar-refractivity contribution < 1.29 is 4.79 Å². The molecular weight excluding hydrogens is 322 g/mol. The monoisotopic (exact) mass is 339 g/mol. The van der Waals surface area contributed by atoms with Gasteiger partial charge in [-0.25, -0.2) is 9.67 Å². The maximum absolute atomic E-state index is 12.0. The molecule has 0 radical (unpaired) electrons. The largest absolute Gasteiger partial charge is 0.375 e. The fourth-order valence-corrected chi connectivity index (χ4v) is 3.99. The molecule has 7 heteroatoms. The van der Waals surface area contributed by atoms with Gasteiger partial charge in [0, 0.05) is 23.4 Å². The zero-order valence-corrected chi connectivity index (χ0v) is 14.0. The highest BCUT2D eigenvalue weighted by Crippen LogP contribution is 2.37. The van der Waals surface area contributed by atoms with Crippen LogP contribution in [-0.4, -0.2) is 20.7 Å². The van der Waals surface area contributed by atoms with E-state index >= 15 is 0 Å². The number of nitrogen functional groups attached to an aromatic ring is 1.